The van der Waals surface area contributed by atoms with Crippen molar-refractivity contribution in [3.63, 3.8) is 0 Å². The van der Waals surface area contributed by atoms with Gasteiger partial charge in [0.25, 0.3) is 0 Å². The Morgan fingerprint density at radius 1 is 1.45 bits per heavy atom. The number of hydrogen-bond acceptors (Lipinski definition) is 5. The van der Waals surface area contributed by atoms with Gasteiger partial charge >= 0.3 is 0 Å². The van der Waals surface area contributed by atoms with Crippen LogP contribution in [-0.2, 0) is 11.2 Å². The van der Waals surface area contributed by atoms with Gasteiger partial charge in [-0.1, -0.05) is 6.92 Å². The Bertz CT molecular complexity index is 448. The molecule has 1 fully saturated rings. The summed E-state index contributed by atoms with van der Waals surface area (Å²) in [6, 6.07) is 0.478. The molecule has 0 amide bonds. The standard InChI is InChI=1S/C15H25N3OS/c1-3-16-12-5-4-6-13-14(12)17-15(20-13)18-8-7-11(9-18)10-19-2/h11-12,16H,3-10H2,1-2H3. The summed E-state index contributed by atoms with van der Waals surface area (Å²) in [6.45, 7) is 6.31. The van der Waals surface area contributed by atoms with Crippen molar-refractivity contribution in [2.75, 3.05) is 38.3 Å². The highest BCUT2D eigenvalue weighted by atomic mass is 32.1. The van der Waals surface area contributed by atoms with Gasteiger partial charge in [0.1, 0.15) is 0 Å². The lowest BCUT2D eigenvalue weighted by atomic mass is 9.98. The fraction of sp³-hybridized carbons (Fsp3) is 0.800. The molecule has 0 aromatic carbocycles. The van der Waals surface area contributed by atoms with Crippen LogP contribution in [-0.4, -0.2) is 38.3 Å². The van der Waals surface area contributed by atoms with E-state index >= 15 is 0 Å². The van der Waals surface area contributed by atoms with E-state index in [4.69, 9.17) is 9.72 Å². The van der Waals surface area contributed by atoms with Crippen molar-refractivity contribution in [1.29, 1.82) is 0 Å². The third kappa shape index (κ3) is 2.85. The van der Waals surface area contributed by atoms with Crippen LogP contribution in [0.3, 0.4) is 0 Å². The van der Waals surface area contributed by atoms with Crippen molar-refractivity contribution in [3.05, 3.63) is 10.6 Å². The number of nitrogens with one attached hydrogen (secondary N) is 1. The van der Waals surface area contributed by atoms with E-state index in [1.807, 2.05) is 11.3 Å². The van der Waals surface area contributed by atoms with Crippen molar-refractivity contribution in [2.24, 2.45) is 5.92 Å². The predicted octanol–water partition coefficient (Wildman–Crippen LogP) is 2.60. The summed E-state index contributed by atoms with van der Waals surface area (Å²) in [4.78, 5) is 8.93. The second kappa shape index (κ2) is 6.41. The van der Waals surface area contributed by atoms with Crippen LogP contribution in [0, 0.1) is 5.92 Å². The van der Waals surface area contributed by atoms with Crippen LogP contribution in [0.15, 0.2) is 0 Å². The molecule has 1 aromatic heterocycles. The Morgan fingerprint density at radius 3 is 3.15 bits per heavy atom. The summed E-state index contributed by atoms with van der Waals surface area (Å²) in [6.07, 6.45) is 4.97. The lowest BCUT2D eigenvalue weighted by molar-refractivity contribution is 0.161. The van der Waals surface area contributed by atoms with Crippen LogP contribution in [0.1, 0.15) is 42.8 Å². The van der Waals surface area contributed by atoms with Gasteiger partial charge in [-0.05, 0) is 32.2 Å². The van der Waals surface area contributed by atoms with E-state index in [0.717, 1.165) is 26.2 Å². The van der Waals surface area contributed by atoms with Gasteiger partial charge in [-0.3, -0.25) is 0 Å². The zero-order valence-electron chi connectivity index (χ0n) is 12.5. The largest absolute Gasteiger partial charge is 0.384 e. The Hall–Kier alpha value is -0.650. The van der Waals surface area contributed by atoms with Crippen molar-refractivity contribution < 1.29 is 4.74 Å². The van der Waals surface area contributed by atoms with E-state index in [1.165, 1.54) is 41.4 Å². The minimum absolute atomic E-state index is 0.478. The third-order valence-electron chi connectivity index (χ3n) is 4.35. The minimum atomic E-state index is 0.478. The predicted molar refractivity (Wildman–Crippen MR) is 83.7 cm³/mol. The lowest BCUT2D eigenvalue weighted by Crippen LogP contribution is -2.25. The van der Waals surface area contributed by atoms with Crippen molar-refractivity contribution >= 4 is 16.5 Å². The number of anilines is 1. The zero-order valence-corrected chi connectivity index (χ0v) is 13.3. The highest BCUT2D eigenvalue weighted by Gasteiger charge is 2.29. The molecule has 4 nitrogen and oxygen atoms in total. The van der Waals surface area contributed by atoms with Crippen LogP contribution in [0.25, 0.3) is 0 Å². The normalized spacial score (nSPS) is 26.0. The SMILES string of the molecule is CCNC1CCCc2sc(N3CCC(COC)C3)nc21. The average Bonchev–Trinajstić information content (AvgIpc) is 3.06. The molecule has 5 heteroatoms. The summed E-state index contributed by atoms with van der Waals surface area (Å²) in [5.41, 5.74) is 1.33. The summed E-state index contributed by atoms with van der Waals surface area (Å²) < 4.78 is 5.29. The number of methoxy groups -OCH3 is 1. The van der Waals surface area contributed by atoms with Gasteiger partial charge in [-0.2, -0.15) is 0 Å². The van der Waals surface area contributed by atoms with Gasteiger partial charge < -0.3 is 15.0 Å². The van der Waals surface area contributed by atoms with E-state index in [1.54, 1.807) is 7.11 Å². The molecule has 0 spiro atoms. The second-order valence-electron chi connectivity index (χ2n) is 5.86. The average molecular weight is 295 g/mol. The van der Waals surface area contributed by atoms with Crippen molar-refractivity contribution in [3.8, 4) is 0 Å². The summed E-state index contributed by atoms with van der Waals surface area (Å²) in [5, 5.41) is 4.81. The zero-order chi connectivity index (χ0) is 13.9. The number of thiazole rings is 1. The van der Waals surface area contributed by atoms with Gasteiger partial charge in [-0.15, -0.1) is 11.3 Å². The van der Waals surface area contributed by atoms with Crippen LogP contribution in [0.5, 0.6) is 0 Å². The monoisotopic (exact) mass is 295 g/mol. The molecule has 0 radical (unpaired) electrons. The molecule has 2 aliphatic rings. The van der Waals surface area contributed by atoms with E-state index in [-0.39, 0.29) is 0 Å². The van der Waals surface area contributed by atoms with E-state index in [2.05, 4.69) is 17.1 Å². The Labute approximate surface area is 125 Å². The molecule has 1 saturated heterocycles. The van der Waals surface area contributed by atoms with E-state index < -0.39 is 0 Å². The smallest absolute Gasteiger partial charge is 0.185 e. The minimum Gasteiger partial charge on any atom is -0.384 e. The fourth-order valence-corrected chi connectivity index (χ4v) is 4.56. The molecule has 1 aliphatic heterocycles. The summed E-state index contributed by atoms with van der Waals surface area (Å²) in [7, 11) is 1.80. The van der Waals surface area contributed by atoms with Gasteiger partial charge in [0, 0.05) is 31.0 Å². The molecule has 1 aromatic rings. The van der Waals surface area contributed by atoms with Gasteiger partial charge in [0.2, 0.25) is 0 Å². The molecule has 0 saturated carbocycles. The lowest BCUT2D eigenvalue weighted by Gasteiger charge is -2.21. The van der Waals surface area contributed by atoms with Crippen LogP contribution in [0.4, 0.5) is 5.13 Å². The van der Waals surface area contributed by atoms with Gasteiger partial charge in [-0.25, -0.2) is 4.98 Å². The molecule has 2 heterocycles. The first-order valence-electron chi connectivity index (χ1n) is 7.78. The molecular weight excluding hydrogens is 270 g/mol. The number of nitrogens with zero attached hydrogens (tertiary/aromatic N) is 2. The number of ether oxygens (including phenoxy) is 1. The molecule has 1 aliphatic carbocycles. The molecule has 2 atom stereocenters. The highest BCUT2D eigenvalue weighted by Crippen LogP contribution is 2.38. The third-order valence-corrected chi connectivity index (χ3v) is 5.54. The first kappa shape index (κ1) is 14.3. The van der Waals surface area contributed by atoms with Gasteiger partial charge in [0.05, 0.1) is 18.3 Å². The molecule has 112 valence electrons. The summed E-state index contributed by atoms with van der Waals surface area (Å²) >= 11 is 1.92. The molecule has 1 N–H and O–H groups in total. The number of aryl methyl sites for hydroxylation is 1. The molecular formula is C15H25N3OS. The maximum Gasteiger partial charge on any atom is 0.185 e. The first-order valence-corrected chi connectivity index (χ1v) is 8.60. The number of fused-ring (bicyclic) bond motifs is 1. The number of rotatable bonds is 5. The van der Waals surface area contributed by atoms with Gasteiger partial charge in [0.15, 0.2) is 5.13 Å². The van der Waals surface area contributed by atoms with E-state index in [0.29, 0.717) is 12.0 Å². The molecule has 20 heavy (non-hydrogen) atoms. The molecule has 0 bridgehead atoms. The van der Waals surface area contributed by atoms with Crippen LogP contribution in [0.2, 0.25) is 0 Å². The maximum absolute atomic E-state index is 5.29. The summed E-state index contributed by atoms with van der Waals surface area (Å²) in [5.74, 6) is 0.672. The Balaban J connectivity index is 1.73. The number of aromatic nitrogens is 1. The van der Waals surface area contributed by atoms with Crippen LogP contribution < -0.4 is 10.2 Å². The first-order chi connectivity index (χ1) is 9.81. The Morgan fingerprint density at radius 2 is 2.35 bits per heavy atom. The molecule has 2 unspecified atom stereocenters. The maximum atomic E-state index is 5.29. The van der Waals surface area contributed by atoms with Crippen molar-refractivity contribution in [1.82, 2.24) is 10.3 Å². The fourth-order valence-electron chi connectivity index (χ4n) is 3.36. The van der Waals surface area contributed by atoms with Crippen molar-refractivity contribution in [2.45, 2.75) is 38.6 Å². The van der Waals surface area contributed by atoms with Crippen LogP contribution >= 0.6 is 11.3 Å². The Kier molecular flexibility index (Phi) is 4.58. The van der Waals surface area contributed by atoms with E-state index in [9.17, 15) is 0 Å². The molecule has 3 rings (SSSR count). The highest BCUT2D eigenvalue weighted by molar-refractivity contribution is 7.15. The quantitative estimate of drug-likeness (QED) is 0.906. The second-order valence-corrected chi connectivity index (χ2v) is 6.93. The number of hydrogen-bond donors (Lipinski definition) is 1. The topological polar surface area (TPSA) is 37.4 Å².